The summed E-state index contributed by atoms with van der Waals surface area (Å²) in [6, 6.07) is 6.57. The Kier molecular flexibility index (Phi) is 6.31. The lowest BCUT2D eigenvalue weighted by Gasteiger charge is -2.26. The zero-order valence-corrected chi connectivity index (χ0v) is 16.2. The summed E-state index contributed by atoms with van der Waals surface area (Å²) in [7, 11) is -4.07. The Labute approximate surface area is 164 Å². The lowest BCUT2D eigenvalue weighted by molar-refractivity contribution is -0.121. The normalized spacial score (nSPS) is 16.5. The van der Waals surface area contributed by atoms with Gasteiger partial charge in [0, 0.05) is 23.6 Å². The molecule has 2 aromatic carbocycles. The molecule has 1 unspecified atom stereocenters. The minimum absolute atomic E-state index is 0.156. The highest BCUT2D eigenvalue weighted by atomic mass is 32.2. The minimum atomic E-state index is -4.07. The van der Waals surface area contributed by atoms with Gasteiger partial charge in [-0.05, 0) is 36.2 Å². The van der Waals surface area contributed by atoms with Crippen LogP contribution >= 0.6 is 11.8 Å². The second kappa shape index (κ2) is 8.54. The predicted molar refractivity (Wildman–Crippen MR) is 98.8 cm³/mol. The van der Waals surface area contributed by atoms with Crippen molar-refractivity contribution in [3.63, 3.8) is 0 Å². The lowest BCUT2D eigenvalue weighted by atomic mass is 10.0. The van der Waals surface area contributed by atoms with Crippen LogP contribution in [0.5, 0.6) is 0 Å². The van der Waals surface area contributed by atoms with Gasteiger partial charge in [0.2, 0.25) is 15.9 Å². The Morgan fingerprint density at radius 1 is 1.11 bits per heavy atom. The van der Waals surface area contributed by atoms with Crippen LogP contribution < -0.4 is 10.0 Å². The van der Waals surface area contributed by atoms with Crippen molar-refractivity contribution in [1.29, 1.82) is 0 Å². The summed E-state index contributed by atoms with van der Waals surface area (Å²) >= 11 is 1.39. The lowest BCUT2D eigenvalue weighted by Crippen LogP contribution is -2.34. The SMILES string of the molecule is O=C(CCNS(=O)(=O)c1ccc(F)c(F)c1)NC1CCSc2c(F)cccc21. The fraction of sp³-hybridized carbons (Fsp3) is 0.278. The monoisotopic (exact) mass is 430 g/mol. The molecular formula is C18H17F3N2O3S2. The number of carbonyl (C=O) groups excluding carboxylic acids is 1. The molecule has 0 aromatic heterocycles. The van der Waals surface area contributed by atoms with E-state index in [1.165, 1.54) is 17.8 Å². The molecule has 1 aliphatic rings. The number of carbonyl (C=O) groups is 1. The third-order valence-electron chi connectivity index (χ3n) is 4.21. The Bertz CT molecular complexity index is 1000. The van der Waals surface area contributed by atoms with Crippen LogP contribution in [-0.2, 0) is 14.8 Å². The largest absolute Gasteiger partial charge is 0.349 e. The van der Waals surface area contributed by atoms with E-state index in [4.69, 9.17) is 0 Å². The molecule has 3 rings (SSSR count). The minimum Gasteiger partial charge on any atom is -0.349 e. The molecule has 5 nitrogen and oxygen atoms in total. The molecule has 2 N–H and O–H groups in total. The van der Waals surface area contributed by atoms with Gasteiger partial charge in [0.25, 0.3) is 0 Å². The van der Waals surface area contributed by atoms with Crippen molar-refractivity contribution in [3.8, 4) is 0 Å². The number of hydrogen-bond acceptors (Lipinski definition) is 4. The third kappa shape index (κ3) is 4.68. The predicted octanol–water partition coefficient (Wildman–Crippen LogP) is 3.13. The average Bonchev–Trinajstić information content (AvgIpc) is 2.64. The molecule has 0 aliphatic carbocycles. The van der Waals surface area contributed by atoms with Crippen molar-refractivity contribution >= 4 is 27.7 Å². The summed E-state index contributed by atoms with van der Waals surface area (Å²) < 4.78 is 66.4. The van der Waals surface area contributed by atoms with Crippen molar-refractivity contribution < 1.29 is 26.4 Å². The van der Waals surface area contributed by atoms with E-state index in [-0.39, 0.29) is 24.8 Å². The molecule has 0 fully saturated rings. The van der Waals surface area contributed by atoms with E-state index in [0.29, 0.717) is 34.8 Å². The number of rotatable bonds is 6. The highest BCUT2D eigenvalue weighted by Crippen LogP contribution is 2.37. The molecule has 150 valence electrons. The standard InChI is InChI=1S/C18H17F3N2O3S2/c19-13-5-4-11(10-15(13)21)28(25,26)22-8-6-17(24)23-16-7-9-27-18-12(16)2-1-3-14(18)20/h1-5,10,16,22H,6-9H2,(H,23,24). The van der Waals surface area contributed by atoms with Gasteiger partial charge in [0.15, 0.2) is 11.6 Å². The molecule has 1 atom stereocenters. The second-order valence-corrected chi connectivity index (χ2v) is 9.01. The van der Waals surface area contributed by atoms with Gasteiger partial charge < -0.3 is 5.32 Å². The first kappa shape index (κ1) is 20.7. The number of fused-ring (bicyclic) bond motifs is 1. The summed E-state index contributed by atoms with van der Waals surface area (Å²) in [5, 5.41) is 2.78. The number of thioether (sulfide) groups is 1. The Balaban J connectivity index is 1.57. The van der Waals surface area contributed by atoms with Gasteiger partial charge >= 0.3 is 0 Å². The average molecular weight is 430 g/mol. The molecule has 28 heavy (non-hydrogen) atoms. The smallest absolute Gasteiger partial charge is 0.240 e. The molecule has 0 saturated carbocycles. The summed E-state index contributed by atoms with van der Waals surface area (Å²) in [5.41, 5.74) is 0.701. The molecule has 1 heterocycles. The van der Waals surface area contributed by atoms with E-state index in [2.05, 4.69) is 10.0 Å². The van der Waals surface area contributed by atoms with Crippen molar-refractivity contribution in [2.75, 3.05) is 12.3 Å². The van der Waals surface area contributed by atoms with Crippen LogP contribution in [0.25, 0.3) is 0 Å². The number of nitrogens with one attached hydrogen (secondary N) is 2. The molecule has 0 spiro atoms. The van der Waals surface area contributed by atoms with Gasteiger partial charge in [0.05, 0.1) is 10.9 Å². The van der Waals surface area contributed by atoms with E-state index < -0.39 is 32.5 Å². The second-order valence-electron chi connectivity index (χ2n) is 6.14. The van der Waals surface area contributed by atoms with E-state index in [1.54, 1.807) is 12.1 Å². The van der Waals surface area contributed by atoms with Gasteiger partial charge in [-0.25, -0.2) is 26.3 Å². The van der Waals surface area contributed by atoms with Crippen LogP contribution in [0.3, 0.4) is 0 Å². The van der Waals surface area contributed by atoms with Crippen LogP contribution in [0.2, 0.25) is 0 Å². The quantitative estimate of drug-likeness (QED) is 0.739. The van der Waals surface area contributed by atoms with E-state index in [0.717, 1.165) is 6.07 Å². The number of amides is 1. The number of benzene rings is 2. The van der Waals surface area contributed by atoms with Gasteiger partial charge in [-0.2, -0.15) is 0 Å². The van der Waals surface area contributed by atoms with Crippen LogP contribution in [0.15, 0.2) is 46.2 Å². The highest BCUT2D eigenvalue weighted by Gasteiger charge is 2.24. The van der Waals surface area contributed by atoms with Crippen molar-refractivity contribution in [2.24, 2.45) is 0 Å². The Hall–Kier alpha value is -2.04. The number of sulfonamides is 1. The summed E-state index contributed by atoms with van der Waals surface area (Å²) in [4.78, 5) is 12.3. The number of hydrogen-bond donors (Lipinski definition) is 2. The topological polar surface area (TPSA) is 75.3 Å². The molecule has 0 radical (unpaired) electrons. The Morgan fingerprint density at radius 2 is 1.89 bits per heavy atom. The zero-order chi connectivity index (χ0) is 20.3. The molecule has 2 aromatic rings. The molecular weight excluding hydrogens is 413 g/mol. The molecule has 1 amide bonds. The van der Waals surface area contributed by atoms with Crippen LogP contribution in [0, 0.1) is 17.5 Å². The van der Waals surface area contributed by atoms with Gasteiger partial charge in [-0.1, -0.05) is 12.1 Å². The maximum absolute atomic E-state index is 13.9. The highest BCUT2D eigenvalue weighted by molar-refractivity contribution is 7.99. The molecule has 1 aliphatic heterocycles. The van der Waals surface area contributed by atoms with Crippen molar-refractivity contribution in [3.05, 3.63) is 59.4 Å². The fourth-order valence-electron chi connectivity index (χ4n) is 2.83. The van der Waals surface area contributed by atoms with Crippen LogP contribution in [-0.4, -0.2) is 26.6 Å². The van der Waals surface area contributed by atoms with Crippen molar-refractivity contribution in [2.45, 2.75) is 28.7 Å². The van der Waals surface area contributed by atoms with E-state index in [9.17, 15) is 26.4 Å². The maximum atomic E-state index is 13.9. The van der Waals surface area contributed by atoms with Crippen molar-refractivity contribution in [1.82, 2.24) is 10.0 Å². The first-order chi connectivity index (χ1) is 13.3. The van der Waals surface area contributed by atoms with Gasteiger partial charge in [-0.15, -0.1) is 11.8 Å². The maximum Gasteiger partial charge on any atom is 0.240 e. The fourth-order valence-corrected chi connectivity index (χ4v) is 5.01. The summed E-state index contributed by atoms with van der Waals surface area (Å²) in [6.07, 6.45) is 0.477. The van der Waals surface area contributed by atoms with E-state index in [1.807, 2.05) is 0 Å². The first-order valence-electron chi connectivity index (χ1n) is 8.43. The zero-order valence-electron chi connectivity index (χ0n) is 14.5. The third-order valence-corrected chi connectivity index (χ3v) is 6.82. The molecule has 0 bridgehead atoms. The Morgan fingerprint density at radius 3 is 2.64 bits per heavy atom. The summed E-state index contributed by atoms with van der Waals surface area (Å²) in [6.45, 7) is -0.218. The van der Waals surface area contributed by atoms with Crippen LogP contribution in [0.1, 0.15) is 24.4 Å². The molecule has 10 heteroatoms. The first-order valence-corrected chi connectivity index (χ1v) is 10.9. The van der Waals surface area contributed by atoms with Gasteiger partial charge in [-0.3, -0.25) is 4.79 Å². The van der Waals surface area contributed by atoms with Gasteiger partial charge in [0.1, 0.15) is 5.82 Å². The number of halogens is 3. The van der Waals surface area contributed by atoms with E-state index >= 15 is 0 Å². The molecule has 0 saturated heterocycles. The summed E-state index contributed by atoms with van der Waals surface area (Å²) in [5.74, 6) is -2.51. The van der Waals surface area contributed by atoms with Crippen LogP contribution in [0.4, 0.5) is 13.2 Å².